The van der Waals surface area contributed by atoms with E-state index in [1.54, 1.807) is 0 Å². The van der Waals surface area contributed by atoms with Crippen LogP contribution in [0.2, 0.25) is 0 Å². The molecule has 2 rings (SSSR count). The molecule has 0 amide bonds. The predicted octanol–water partition coefficient (Wildman–Crippen LogP) is 1.28. The third-order valence-electron chi connectivity index (χ3n) is 2.13. The zero-order chi connectivity index (χ0) is 12.6. The van der Waals surface area contributed by atoms with Crippen LogP contribution in [0.15, 0.2) is 12.3 Å². The van der Waals surface area contributed by atoms with Crippen molar-refractivity contribution in [2.75, 3.05) is 0 Å². The molecule has 0 bridgehead atoms. The van der Waals surface area contributed by atoms with Crippen molar-refractivity contribution in [3.05, 3.63) is 41.2 Å². The van der Waals surface area contributed by atoms with Gasteiger partial charge in [0.25, 0.3) is 0 Å². The molecule has 0 fully saturated rings. The number of benzene rings is 1. The largest absolute Gasteiger partial charge is 0.325 e. The highest BCUT2D eigenvalue weighted by Crippen LogP contribution is 2.23. The molecule has 0 atom stereocenters. The minimum atomic E-state index is -1.55. The molecule has 90 valence electrons. The maximum absolute atomic E-state index is 13.4. The second-order valence-corrected chi connectivity index (χ2v) is 3.16. The first kappa shape index (κ1) is 11.5. The van der Waals surface area contributed by atoms with Gasteiger partial charge in [0.05, 0.1) is 11.9 Å². The van der Waals surface area contributed by atoms with E-state index in [0.717, 1.165) is 6.20 Å². The van der Waals surface area contributed by atoms with Gasteiger partial charge in [-0.05, 0) is 0 Å². The zero-order valence-electron chi connectivity index (χ0n) is 8.29. The van der Waals surface area contributed by atoms with Gasteiger partial charge >= 0.3 is 0 Å². The van der Waals surface area contributed by atoms with Crippen LogP contribution in [0, 0.1) is 23.3 Å². The minimum Gasteiger partial charge on any atom is -0.325 e. The molecule has 1 heterocycles. The standard InChI is InChI=1S/C9H6F4N4/c10-5-1-6(11)8(13)9(7(5)12)17-4(2-14)3-15-16-17/h1,3H,2,14H2. The Bertz CT molecular complexity index is 540. The average molecular weight is 246 g/mol. The van der Waals surface area contributed by atoms with E-state index in [-0.39, 0.29) is 18.3 Å². The highest BCUT2D eigenvalue weighted by atomic mass is 19.2. The minimum absolute atomic E-state index is 0.118. The topological polar surface area (TPSA) is 56.7 Å². The SMILES string of the molecule is NCc1cnnn1-c1c(F)c(F)cc(F)c1F. The Hall–Kier alpha value is -1.96. The Morgan fingerprint density at radius 1 is 1.12 bits per heavy atom. The van der Waals surface area contributed by atoms with Gasteiger partial charge in [-0.3, -0.25) is 0 Å². The molecule has 17 heavy (non-hydrogen) atoms. The van der Waals surface area contributed by atoms with Crippen LogP contribution in [-0.2, 0) is 6.54 Å². The van der Waals surface area contributed by atoms with E-state index in [0.29, 0.717) is 4.68 Å². The number of rotatable bonds is 2. The summed E-state index contributed by atoms with van der Waals surface area (Å²) in [6.07, 6.45) is 1.14. The summed E-state index contributed by atoms with van der Waals surface area (Å²) in [6, 6.07) is 0.118. The fourth-order valence-electron chi connectivity index (χ4n) is 1.33. The van der Waals surface area contributed by atoms with Crippen LogP contribution in [0.5, 0.6) is 0 Å². The van der Waals surface area contributed by atoms with Crippen molar-refractivity contribution >= 4 is 0 Å². The number of halogens is 4. The zero-order valence-corrected chi connectivity index (χ0v) is 8.29. The van der Waals surface area contributed by atoms with E-state index in [1.165, 1.54) is 0 Å². The normalized spacial score (nSPS) is 10.9. The summed E-state index contributed by atoms with van der Waals surface area (Å²) < 4.78 is 53.4. The van der Waals surface area contributed by atoms with E-state index < -0.39 is 29.0 Å². The van der Waals surface area contributed by atoms with Crippen LogP contribution in [0.25, 0.3) is 5.69 Å². The molecular weight excluding hydrogens is 240 g/mol. The Kier molecular flexibility index (Phi) is 2.80. The molecule has 0 aliphatic carbocycles. The van der Waals surface area contributed by atoms with E-state index >= 15 is 0 Å². The van der Waals surface area contributed by atoms with Gasteiger partial charge < -0.3 is 5.73 Å². The first-order valence-corrected chi connectivity index (χ1v) is 4.49. The van der Waals surface area contributed by atoms with Crippen LogP contribution >= 0.6 is 0 Å². The van der Waals surface area contributed by atoms with Crippen molar-refractivity contribution < 1.29 is 17.6 Å². The Morgan fingerprint density at radius 2 is 1.71 bits per heavy atom. The first-order valence-electron chi connectivity index (χ1n) is 4.49. The van der Waals surface area contributed by atoms with Crippen molar-refractivity contribution in [1.82, 2.24) is 15.0 Å². The molecule has 2 N–H and O–H groups in total. The van der Waals surface area contributed by atoms with E-state index in [2.05, 4.69) is 10.3 Å². The van der Waals surface area contributed by atoms with E-state index in [9.17, 15) is 17.6 Å². The lowest BCUT2D eigenvalue weighted by Gasteiger charge is -2.08. The second kappa shape index (κ2) is 4.13. The maximum Gasteiger partial charge on any atom is 0.187 e. The lowest BCUT2D eigenvalue weighted by Crippen LogP contribution is -2.12. The molecule has 0 saturated heterocycles. The molecule has 0 spiro atoms. The summed E-state index contributed by atoms with van der Waals surface area (Å²) in [5.74, 6) is -6.14. The lowest BCUT2D eigenvalue weighted by atomic mass is 10.2. The van der Waals surface area contributed by atoms with Crippen LogP contribution in [-0.4, -0.2) is 15.0 Å². The van der Waals surface area contributed by atoms with Crippen molar-refractivity contribution in [2.24, 2.45) is 5.73 Å². The average Bonchev–Trinajstić information content (AvgIpc) is 2.75. The van der Waals surface area contributed by atoms with Crippen molar-refractivity contribution in [3.8, 4) is 5.69 Å². The van der Waals surface area contributed by atoms with Gasteiger partial charge in [-0.2, -0.15) is 0 Å². The Balaban J connectivity index is 2.75. The molecule has 1 aromatic carbocycles. The molecule has 0 radical (unpaired) electrons. The monoisotopic (exact) mass is 246 g/mol. The molecule has 0 unspecified atom stereocenters. The molecule has 1 aromatic heterocycles. The number of hydrogen-bond donors (Lipinski definition) is 1. The van der Waals surface area contributed by atoms with Crippen LogP contribution in [0.4, 0.5) is 17.6 Å². The van der Waals surface area contributed by atoms with Gasteiger partial charge in [-0.25, -0.2) is 22.2 Å². The van der Waals surface area contributed by atoms with E-state index in [4.69, 9.17) is 5.73 Å². The molecule has 4 nitrogen and oxygen atoms in total. The van der Waals surface area contributed by atoms with E-state index in [1.807, 2.05) is 0 Å². The van der Waals surface area contributed by atoms with Crippen molar-refractivity contribution in [1.29, 1.82) is 0 Å². The van der Waals surface area contributed by atoms with Crippen LogP contribution in [0.1, 0.15) is 5.69 Å². The molecule has 2 aromatic rings. The molecule has 8 heteroatoms. The Morgan fingerprint density at radius 3 is 2.24 bits per heavy atom. The third-order valence-corrected chi connectivity index (χ3v) is 2.13. The highest BCUT2D eigenvalue weighted by Gasteiger charge is 2.22. The number of nitrogens with zero attached hydrogens (tertiary/aromatic N) is 3. The lowest BCUT2D eigenvalue weighted by molar-refractivity contribution is 0.441. The van der Waals surface area contributed by atoms with Gasteiger partial charge in [0, 0.05) is 12.6 Å². The smallest absolute Gasteiger partial charge is 0.187 e. The van der Waals surface area contributed by atoms with Crippen molar-refractivity contribution in [3.63, 3.8) is 0 Å². The second-order valence-electron chi connectivity index (χ2n) is 3.16. The summed E-state index contributed by atoms with van der Waals surface area (Å²) in [7, 11) is 0. The maximum atomic E-state index is 13.4. The van der Waals surface area contributed by atoms with Gasteiger partial charge in [0.15, 0.2) is 23.3 Å². The molecule has 0 aliphatic heterocycles. The summed E-state index contributed by atoms with van der Waals surface area (Å²) in [6.45, 7) is -0.135. The summed E-state index contributed by atoms with van der Waals surface area (Å²) in [5.41, 5.74) is 4.42. The first-order chi connectivity index (χ1) is 8.06. The van der Waals surface area contributed by atoms with Gasteiger partial charge in [0.1, 0.15) is 5.69 Å². The third kappa shape index (κ3) is 1.76. The van der Waals surface area contributed by atoms with Gasteiger partial charge in [-0.1, -0.05) is 5.21 Å². The number of hydrogen-bond acceptors (Lipinski definition) is 3. The number of nitrogens with two attached hydrogens (primary N) is 1. The fourth-order valence-corrected chi connectivity index (χ4v) is 1.33. The molecule has 0 saturated carbocycles. The van der Waals surface area contributed by atoms with Crippen molar-refractivity contribution in [2.45, 2.75) is 6.54 Å². The predicted molar refractivity (Wildman–Crippen MR) is 49.1 cm³/mol. The van der Waals surface area contributed by atoms with Crippen LogP contribution in [0.3, 0.4) is 0 Å². The fraction of sp³-hybridized carbons (Fsp3) is 0.111. The summed E-state index contributed by atoms with van der Waals surface area (Å²) in [4.78, 5) is 0. The quantitative estimate of drug-likeness (QED) is 0.641. The number of aromatic nitrogens is 3. The summed E-state index contributed by atoms with van der Waals surface area (Å²) >= 11 is 0. The molecule has 0 aliphatic rings. The molecular formula is C9H6F4N4. The van der Waals surface area contributed by atoms with Gasteiger partial charge in [-0.15, -0.1) is 5.10 Å². The summed E-state index contributed by atoms with van der Waals surface area (Å²) in [5, 5.41) is 6.70. The van der Waals surface area contributed by atoms with Gasteiger partial charge in [0.2, 0.25) is 0 Å². The highest BCUT2D eigenvalue weighted by molar-refractivity contribution is 5.37. The van der Waals surface area contributed by atoms with Crippen LogP contribution < -0.4 is 5.73 Å². The Labute approximate surface area is 92.7 Å².